The second-order valence-electron chi connectivity index (χ2n) is 5.11. The molecular weight excluding hydrogens is 262 g/mol. The van der Waals surface area contributed by atoms with E-state index in [1.54, 1.807) is 0 Å². The minimum Gasteiger partial charge on any atom is -0.322 e. The Hall–Kier alpha value is -2.33. The fourth-order valence-corrected chi connectivity index (χ4v) is 2.45. The lowest BCUT2D eigenvalue weighted by molar-refractivity contribution is 0.204. The van der Waals surface area contributed by atoms with E-state index >= 15 is 0 Å². The predicted octanol–water partition coefficient (Wildman–Crippen LogP) is 2.79. The first kappa shape index (κ1) is 13.6. The lowest BCUT2D eigenvalue weighted by Gasteiger charge is -2.27. The first-order valence-electron chi connectivity index (χ1n) is 7.25. The van der Waals surface area contributed by atoms with Gasteiger partial charge in [-0.15, -0.1) is 0 Å². The quantitative estimate of drug-likeness (QED) is 0.889. The highest BCUT2D eigenvalue weighted by molar-refractivity contribution is 5.89. The number of carbonyl (C=O) groups is 1. The third-order valence-corrected chi connectivity index (χ3v) is 3.65. The van der Waals surface area contributed by atoms with Crippen molar-refractivity contribution in [1.82, 2.24) is 10.2 Å². The summed E-state index contributed by atoms with van der Waals surface area (Å²) in [6, 6.07) is 18.1. The molecule has 4 nitrogen and oxygen atoms in total. The van der Waals surface area contributed by atoms with E-state index in [0.717, 1.165) is 37.4 Å². The van der Waals surface area contributed by atoms with Crippen molar-refractivity contribution in [2.45, 2.75) is 0 Å². The molecule has 1 heterocycles. The molecule has 1 aliphatic rings. The normalized spacial score (nSPS) is 14.8. The molecule has 21 heavy (non-hydrogen) atoms. The molecule has 4 heteroatoms. The maximum Gasteiger partial charge on any atom is 0.321 e. The van der Waals surface area contributed by atoms with Crippen LogP contribution in [-0.2, 0) is 0 Å². The standard InChI is InChI=1S/C17H19N3O/c21-17(20-12-10-18-11-13-20)19-16-8-6-15(7-9-16)14-4-2-1-3-5-14/h1-9,18H,10-13H2,(H,19,21). The van der Waals surface area contributed by atoms with Gasteiger partial charge in [-0.2, -0.15) is 0 Å². The van der Waals surface area contributed by atoms with Crippen molar-refractivity contribution in [2.75, 3.05) is 31.5 Å². The summed E-state index contributed by atoms with van der Waals surface area (Å²) >= 11 is 0. The van der Waals surface area contributed by atoms with Gasteiger partial charge in [0, 0.05) is 31.9 Å². The van der Waals surface area contributed by atoms with Crippen molar-refractivity contribution in [3.8, 4) is 11.1 Å². The summed E-state index contributed by atoms with van der Waals surface area (Å²) in [6.45, 7) is 3.24. The zero-order chi connectivity index (χ0) is 14.5. The van der Waals surface area contributed by atoms with Gasteiger partial charge in [0.05, 0.1) is 0 Å². The molecule has 0 atom stereocenters. The van der Waals surface area contributed by atoms with Gasteiger partial charge in [0.1, 0.15) is 0 Å². The molecule has 0 radical (unpaired) electrons. The number of carbonyl (C=O) groups excluding carboxylic acids is 1. The number of anilines is 1. The molecule has 1 saturated heterocycles. The molecule has 0 saturated carbocycles. The Bertz CT molecular complexity index is 589. The van der Waals surface area contributed by atoms with E-state index in [1.807, 2.05) is 47.4 Å². The van der Waals surface area contributed by atoms with Gasteiger partial charge in [0.2, 0.25) is 0 Å². The molecule has 3 rings (SSSR count). The Morgan fingerprint density at radius 1 is 0.905 bits per heavy atom. The summed E-state index contributed by atoms with van der Waals surface area (Å²) in [5.41, 5.74) is 3.16. The van der Waals surface area contributed by atoms with E-state index in [2.05, 4.69) is 22.8 Å². The van der Waals surface area contributed by atoms with E-state index in [4.69, 9.17) is 0 Å². The minimum atomic E-state index is -0.0241. The Morgan fingerprint density at radius 3 is 2.19 bits per heavy atom. The van der Waals surface area contributed by atoms with Crippen LogP contribution in [0.25, 0.3) is 11.1 Å². The molecule has 0 aliphatic carbocycles. The Morgan fingerprint density at radius 2 is 1.52 bits per heavy atom. The van der Waals surface area contributed by atoms with Crippen LogP contribution in [0.5, 0.6) is 0 Å². The van der Waals surface area contributed by atoms with Crippen LogP contribution in [0, 0.1) is 0 Å². The number of nitrogens with zero attached hydrogens (tertiary/aromatic N) is 1. The first-order valence-corrected chi connectivity index (χ1v) is 7.25. The summed E-state index contributed by atoms with van der Waals surface area (Å²) in [4.78, 5) is 13.9. The maximum atomic E-state index is 12.1. The van der Waals surface area contributed by atoms with Gasteiger partial charge in [-0.3, -0.25) is 0 Å². The molecule has 0 unspecified atom stereocenters. The molecule has 2 N–H and O–H groups in total. The number of hydrogen-bond donors (Lipinski definition) is 2. The molecule has 1 aliphatic heterocycles. The molecule has 0 spiro atoms. The van der Waals surface area contributed by atoms with Crippen molar-refractivity contribution in [3.05, 3.63) is 54.6 Å². The third kappa shape index (κ3) is 3.41. The van der Waals surface area contributed by atoms with Crippen LogP contribution >= 0.6 is 0 Å². The molecule has 108 valence electrons. The monoisotopic (exact) mass is 281 g/mol. The van der Waals surface area contributed by atoms with Gasteiger partial charge in [-0.25, -0.2) is 4.79 Å². The first-order chi connectivity index (χ1) is 10.3. The second-order valence-corrected chi connectivity index (χ2v) is 5.11. The fraction of sp³-hybridized carbons (Fsp3) is 0.235. The Labute approximate surface area is 124 Å². The van der Waals surface area contributed by atoms with Gasteiger partial charge < -0.3 is 15.5 Å². The van der Waals surface area contributed by atoms with Crippen LogP contribution in [0.1, 0.15) is 0 Å². The smallest absolute Gasteiger partial charge is 0.321 e. The summed E-state index contributed by atoms with van der Waals surface area (Å²) in [5.74, 6) is 0. The lowest BCUT2D eigenvalue weighted by atomic mass is 10.1. The number of benzene rings is 2. The average molecular weight is 281 g/mol. The highest BCUT2D eigenvalue weighted by Crippen LogP contribution is 2.21. The maximum absolute atomic E-state index is 12.1. The van der Waals surface area contributed by atoms with Crippen molar-refractivity contribution in [3.63, 3.8) is 0 Å². The molecule has 2 amide bonds. The molecule has 0 bridgehead atoms. The van der Waals surface area contributed by atoms with Crippen molar-refractivity contribution in [2.24, 2.45) is 0 Å². The van der Waals surface area contributed by atoms with Crippen LogP contribution in [-0.4, -0.2) is 37.1 Å². The Kier molecular flexibility index (Phi) is 4.17. The number of amides is 2. The van der Waals surface area contributed by atoms with Gasteiger partial charge in [0.25, 0.3) is 0 Å². The van der Waals surface area contributed by atoms with E-state index in [0.29, 0.717) is 0 Å². The van der Waals surface area contributed by atoms with Crippen LogP contribution in [0.15, 0.2) is 54.6 Å². The van der Waals surface area contributed by atoms with Crippen LogP contribution in [0.4, 0.5) is 10.5 Å². The zero-order valence-corrected chi connectivity index (χ0v) is 11.9. The molecule has 0 aromatic heterocycles. The van der Waals surface area contributed by atoms with Gasteiger partial charge in [-0.1, -0.05) is 42.5 Å². The molecule has 1 fully saturated rings. The van der Waals surface area contributed by atoms with E-state index in [9.17, 15) is 4.79 Å². The highest BCUT2D eigenvalue weighted by Gasteiger charge is 2.15. The van der Waals surface area contributed by atoms with Gasteiger partial charge in [-0.05, 0) is 23.3 Å². The molecule has 2 aromatic rings. The second kappa shape index (κ2) is 6.41. The van der Waals surface area contributed by atoms with Crippen LogP contribution in [0.3, 0.4) is 0 Å². The minimum absolute atomic E-state index is 0.0241. The number of rotatable bonds is 2. The predicted molar refractivity (Wildman–Crippen MR) is 85.3 cm³/mol. The zero-order valence-electron chi connectivity index (χ0n) is 11.9. The van der Waals surface area contributed by atoms with Crippen molar-refractivity contribution < 1.29 is 4.79 Å². The van der Waals surface area contributed by atoms with Gasteiger partial charge >= 0.3 is 6.03 Å². The van der Waals surface area contributed by atoms with Crippen molar-refractivity contribution >= 4 is 11.7 Å². The Balaban J connectivity index is 1.65. The van der Waals surface area contributed by atoms with Gasteiger partial charge in [0.15, 0.2) is 0 Å². The average Bonchev–Trinajstić information content (AvgIpc) is 2.57. The SMILES string of the molecule is O=C(Nc1ccc(-c2ccccc2)cc1)N1CCNCC1. The number of urea groups is 1. The molecule has 2 aromatic carbocycles. The van der Waals surface area contributed by atoms with Crippen molar-refractivity contribution in [1.29, 1.82) is 0 Å². The number of hydrogen-bond acceptors (Lipinski definition) is 2. The van der Waals surface area contributed by atoms with Crippen LogP contribution in [0.2, 0.25) is 0 Å². The van der Waals surface area contributed by atoms with E-state index < -0.39 is 0 Å². The summed E-state index contributed by atoms with van der Waals surface area (Å²) in [5, 5.41) is 6.19. The topological polar surface area (TPSA) is 44.4 Å². The molecular formula is C17H19N3O. The number of nitrogens with one attached hydrogen (secondary N) is 2. The van der Waals surface area contributed by atoms with Crippen LogP contribution < -0.4 is 10.6 Å². The van der Waals surface area contributed by atoms with E-state index in [-0.39, 0.29) is 6.03 Å². The summed E-state index contributed by atoms with van der Waals surface area (Å²) < 4.78 is 0. The fourth-order valence-electron chi connectivity index (χ4n) is 2.45. The third-order valence-electron chi connectivity index (χ3n) is 3.65. The summed E-state index contributed by atoms with van der Waals surface area (Å²) in [6.07, 6.45) is 0. The largest absolute Gasteiger partial charge is 0.322 e. The lowest BCUT2D eigenvalue weighted by Crippen LogP contribution is -2.48. The highest BCUT2D eigenvalue weighted by atomic mass is 16.2. The summed E-state index contributed by atoms with van der Waals surface area (Å²) in [7, 11) is 0. The van der Waals surface area contributed by atoms with E-state index in [1.165, 1.54) is 5.56 Å². The number of piperazine rings is 1.